The maximum absolute atomic E-state index is 2.45. The Morgan fingerprint density at radius 2 is 0.739 bits per heavy atom. The largest absolute Gasteiger partial charge is 0.135 e. The molecule has 8 aromatic carbocycles. The lowest BCUT2D eigenvalue weighted by Gasteiger charge is -2.15. The molecule has 0 nitrogen and oxygen atoms in total. The summed E-state index contributed by atoms with van der Waals surface area (Å²) in [6, 6.07) is 50.2. The van der Waals surface area contributed by atoms with E-state index >= 15 is 0 Å². The van der Waals surface area contributed by atoms with Crippen LogP contribution in [0.15, 0.2) is 133 Å². The van der Waals surface area contributed by atoms with E-state index in [0.29, 0.717) is 0 Å². The first-order valence-corrected chi connectivity index (χ1v) is 17.5. The van der Waals surface area contributed by atoms with E-state index in [1.807, 2.05) is 22.7 Å². The molecule has 0 bridgehead atoms. The summed E-state index contributed by atoms with van der Waals surface area (Å²) in [7, 11) is 0. The maximum atomic E-state index is 2.45. The Hall–Kier alpha value is -5.02. The van der Waals surface area contributed by atoms with Gasteiger partial charge in [0.15, 0.2) is 0 Å². The van der Waals surface area contributed by atoms with Crippen LogP contribution in [-0.4, -0.2) is 0 Å². The monoisotopic (exact) mass is 620 g/mol. The number of hydrogen-bond donors (Lipinski definition) is 0. The van der Waals surface area contributed by atoms with Gasteiger partial charge in [0, 0.05) is 40.3 Å². The molecule has 2 heteroatoms. The lowest BCUT2D eigenvalue weighted by Crippen LogP contribution is -1.89. The van der Waals surface area contributed by atoms with Gasteiger partial charge < -0.3 is 0 Å². The zero-order valence-electron chi connectivity index (χ0n) is 25.5. The van der Waals surface area contributed by atoms with Gasteiger partial charge in [0.25, 0.3) is 0 Å². The summed E-state index contributed by atoms with van der Waals surface area (Å²) in [6.45, 7) is 4.46. The first kappa shape index (κ1) is 26.2. The summed E-state index contributed by atoms with van der Waals surface area (Å²) in [5.74, 6) is 0. The number of thiophene rings is 2. The molecule has 0 saturated carbocycles. The Kier molecular flexibility index (Phi) is 5.55. The van der Waals surface area contributed by atoms with Crippen LogP contribution in [0.2, 0.25) is 0 Å². The van der Waals surface area contributed by atoms with Crippen molar-refractivity contribution in [3.63, 3.8) is 0 Å². The third-order valence-electron chi connectivity index (χ3n) is 9.97. The van der Waals surface area contributed by atoms with Crippen LogP contribution in [0.3, 0.4) is 0 Å². The number of benzene rings is 8. The molecule has 0 radical (unpaired) electrons. The average Bonchev–Trinajstić information content (AvgIpc) is 3.67. The van der Waals surface area contributed by atoms with Gasteiger partial charge in [-0.15, -0.1) is 22.7 Å². The molecule has 0 aliphatic carbocycles. The van der Waals surface area contributed by atoms with Crippen LogP contribution in [-0.2, 0) is 0 Å². The van der Waals surface area contributed by atoms with Gasteiger partial charge in [-0.25, -0.2) is 0 Å². The van der Waals surface area contributed by atoms with Gasteiger partial charge in [-0.1, -0.05) is 109 Å². The molecular weight excluding hydrogens is 593 g/mol. The van der Waals surface area contributed by atoms with E-state index in [2.05, 4.69) is 147 Å². The van der Waals surface area contributed by atoms with Crippen molar-refractivity contribution in [2.24, 2.45) is 0 Å². The Bertz CT molecular complexity index is 2680. The summed E-state index contributed by atoms with van der Waals surface area (Å²) >= 11 is 3.80. The summed E-state index contributed by atoms with van der Waals surface area (Å²) < 4.78 is 5.40. The highest BCUT2D eigenvalue weighted by molar-refractivity contribution is 7.26. The van der Waals surface area contributed by atoms with E-state index in [4.69, 9.17) is 0 Å². The van der Waals surface area contributed by atoms with Crippen molar-refractivity contribution >= 4 is 95.3 Å². The van der Waals surface area contributed by atoms with Crippen LogP contribution in [0.4, 0.5) is 0 Å². The second-order valence-corrected chi connectivity index (χ2v) is 14.7. The molecule has 0 aliphatic rings. The molecule has 0 fully saturated rings. The molecule has 0 unspecified atom stereocenters. The minimum absolute atomic E-state index is 1.27. The van der Waals surface area contributed by atoms with E-state index in [0.717, 1.165) is 0 Å². The molecule has 46 heavy (non-hydrogen) atoms. The van der Waals surface area contributed by atoms with Crippen LogP contribution < -0.4 is 0 Å². The highest BCUT2D eigenvalue weighted by Crippen LogP contribution is 2.45. The SMILES string of the molecule is Cc1cc2c3ccc(-c4cccc5c4sc4ccccc45)cc3c3cc(-c4cccc5c4sc4ccccc45)ccc3c2cc1C. The van der Waals surface area contributed by atoms with Crippen molar-refractivity contribution in [1.82, 2.24) is 0 Å². The van der Waals surface area contributed by atoms with Gasteiger partial charge in [-0.3, -0.25) is 0 Å². The van der Waals surface area contributed by atoms with Crippen LogP contribution >= 0.6 is 22.7 Å². The molecule has 0 saturated heterocycles. The second-order valence-electron chi connectivity index (χ2n) is 12.6. The van der Waals surface area contributed by atoms with Gasteiger partial charge in [0.05, 0.1) is 0 Å². The highest BCUT2D eigenvalue weighted by atomic mass is 32.1. The molecule has 0 aliphatic heterocycles. The summed E-state index contributed by atoms with van der Waals surface area (Å²) in [5, 5.41) is 13.3. The molecule has 2 heterocycles. The molecule has 10 rings (SSSR count). The third-order valence-corrected chi connectivity index (χ3v) is 12.4. The fourth-order valence-corrected chi connectivity index (χ4v) is 10.0. The van der Waals surface area contributed by atoms with Crippen molar-refractivity contribution in [2.45, 2.75) is 13.8 Å². The Balaban J connectivity index is 1.29. The smallest absolute Gasteiger partial charge is 0.0433 e. The summed E-state index contributed by atoms with van der Waals surface area (Å²) in [4.78, 5) is 0. The predicted molar refractivity (Wildman–Crippen MR) is 205 cm³/mol. The van der Waals surface area contributed by atoms with Crippen molar-refractivity contribution in [3.8, 4) is 22.3 Å². The number of fused-ring (bicyclic) bond motifs is 12. The third kappa shape index (κ3) is 3.72. The Morgan fingerprint density at radius 1 is 0.326 bits per heavy atom. The topological polar surface area (TPSA) is 0 Å². The number of hydrogen-bond acceptors (Lipinski definition) is 2. The summed E-state index contributed by atoms with van der Waals surface area (Å²) in [6.07, 6.45) is 0. The van der Waals surface area contributed by atoms with E-state index in [-0.39, 0.29) is 0 Å². The van der Waals surface area contributed by atoms with Crippen LogP contribution in [0.5, 0.6) is 0 Å². The van der Waals surface area contributed by atoms with Crippen molar-refractivity contribution < 1.29 is 0 Å². The second kappa shape index (κ2) is 9.74. The lowest BCUT2D eigenvalue weighted by molar-refractivity contribution is 1.37. The van der Waals surface area contributed by atoms with E-state index in [9.17, 15) is 0 Å². The lowest BCUT2D eigenvalue weighted by atomic mass is 9.88. The first-order valence-electron chi connectivity index (χ1n) is 15.8. The van der Waals surface area contributed by atoms with Gasteiger partial charge in [0.1, 0.15) is 0 Å². The molecule has 2 aromatic heterocycles. The molecule has 0 atom stereocenters. The van der Waals surface area contributed by atoms with Crippen molar-refractivity contribution in [1.29, 1.82) is 0 Å². The minimum atomic E-state index is 1.27. The quantitative estimate of drug-likeness (QED) is 0.169. The van der Waals surface area contributed by atoms with Crippen molar-refractivity contribution in [3.05, 3.63) is 145 Å². The Morgan fingerprint density at radius 3 is 1.22 bits per heavy atom. The normalized spacial score (nSPS) is 12.1. The first-order chi connectivity index (χ1) is 22.6. The summed E-state index contributed by atoms with van der Waals surface area (Å²) in [5.41, 5.74) is 7.82. The number of aryl methyl sites for hydroxylation is 2. The highest BCUT2D eigenvalue weighted by Gasteiger charge is 2.16. The zero-order chi connectivity index (χ0) is 30.5. The maximum Gasteiger partial charge on any atom is 0.0433 e. The standard InChI is InChI=1S/C44H28S2/c1-25-21-37-31-19-17-27(29-11-7-13-35-33-9-3-5-15-41(33)45-43(29)35)23-39(31)40-24-28(18-20-32(40)38(37)22-26(25)2)30-12-8-14-36-34-10-4-6-16-42(34)46-44(30)36/h3-24H,1-2H3. The molecule has 0 N–H and O–H groups in total. The molecular formula is C44H28S2. The van der Waals surface area contributed by atoms with E-state index in [1.54, 1.807) is 0 Å². The number of rotatable bonds is 2. The molecule has 0 spiro atoms. The van der Waals surface area contributed by atoms with Gasteiger partial charge >= 0.3 is 0 Å². The van der Waals surface area contributed by atoms with E-state index in [1.165, 1.54) is 106 Å². The average molecular weight is 621 g/mol. The van der Waals surface area contributed by atoms with Gasteiger partial charge in [-0.2, -0.15) is 0 Å². The fraction of sp³-hybridized carbons (Fsp3) is 0.0455. The van der Waals surface area contributed by atoms with Crippen LogP contribution in [0.1, 0.15) is 11.1 Å². The van der Waals surface area contributed by atoms with Crippen LogP contribution in [0, 0.1) is 13.8 Å². The Labute approximate surface area is 274 Å². The predicted octanol–water partition coefficient (Wildman–Crippen LogP) is 13.8. The van der Waals surface area contributed by atoms with E-state index < -0.39 is 0 Å². The molecule has 216 valence electrons. The van der Waals surface area contributed by atoms with Crippen molar-refractivity contribution in [2.75, 3.05) is 0 Å². The zero-order valence-corrected chi connectivity index (χ0v) is 27.2. The molecule has 0 amide bonds. The minimum Gasteiger partial charge on any atom is -0.135 e. The van der Waals surface area contributed by atoms with Crippen LogP contribution in [0.25, 0.3) is 94.9 Å². The van der Waals surface area contributed by atoms with Gasteiger partial charge in [-0.05, 0) is 104 Å². The molecule has 10 aromatic rings. The fourth-order valence-electron chi connectivity index (χ4n) is 7.55. The van der Waals surface area contributed by atoms with Gasteiger partial charge in [0.2, 0.25) is 0 Å².